The summed E-state index contributed by atoms with van der Waals surface area (Å²) in [7, 11) is 0. The van der Waals surface area contributed by atoms with Crippen LogP contribution in [0.5, 0.6) is 0 Å². The average Bonchev–Trinajstić information content (AvgIpc) is 3.05. The number of anilines is 1. The van der Waals surface area contributed by atoms with Crippen molar-refractivity contribution in [1.82, 2.24) is 9.88 Å². The third-order valence-corrected chi connectivity index (χ3v) is 6.53. The van der Waals surface area contributed by atoms with Crippen molar-refractivity contribution in [2.75, 3.05) is 4.90 Å². The second kappa shape index (κ2) is 9.16. The minimum absolute atomic E-state index is 0.0440. The van der Waals surface area contributed by atoms with Crippen LogP contribution in [0.15, 0.2) is 52.5 Å². The molecule has 1 fully saturated rings. The van der Waals surface area contributed by atoms with Crippen molar-refractivity contribution in [3.63, 3.8) is 0 Å². The molecule has 10 heteroatoms. The molecule has 8 nitrogen and oxygen atoms in total. The highest BCUT2D eigenvalue weighted by molar-refractivity contribution is 9.10. The fraction of sp³-hybridized carbons (Fsp3) is 0.120. The van der Waals surface area contributed by atoms with E-state index in [4.69, 9.17) is 11.6 Å². The molecule has 2 aromatic carbocycles. The maximum absolute atomic E-state index is 13.3. The average molecular weight is 557 g/mol. The lowest BCUT2D eigenvalue weighted by atomic mass is 10.1. The largest absolute Gasteiger partial charge is 0.478 e. The second-order valence-corrected chi connectivity index (χ2v) is 9.34. The predicted octanol–water partition coefficient (Wildman–Crippen LogP) is 5.18. The van der Waals surface area contributed by atoms with E-state index in [9.17, 15) is 24.3 Å². The Bertz CT molecular complexity index is 1470. The summed E-state index contributed by atoms with van der Waals surface area (Å²) in [4.78, 5) is 50.9. The van der Waals surface area contributed by atoms with E-state index in [2.05, 4.69) is 21.2 Å². The monoisotopic (exact) mass is 555 g/mol. The van der Waals surface area contributed by atoms with E-state index in [-0.39, 0.29) is 16.2 Å². The number of carboxylic acid groups (broad SMARTS) is 1. The fourth-order valence-corrected chi connectivity index (χ4v) is 4.72. The molecule has 4 amide bonds. The lowest BCUT2D eigenvalue weighted by Crippen LogP contribution is -2.54. The van der Waals surface area contributed by atoms with E-state index in [0.29, 0.717) is 28.2 Å². The third-order valence-electron chi connectivity index (χ3n) is 5.71. The Morgan fingerprint density at radius 2 is 1.77 bits per heavy atom. The van der Waals surface area contributed by atoms with Gasteiger partial charge in [0.2, 0.25) is 0 Å². The highest BCUT2D eigenvalue weighted by Crippen LogP contribution is 2.30. The van der Waals surface area contributed by atoms with Gasteiger partial charge < -0.3 is 9.67 Å². The minimum Gasteiger partial charge on any atom is -0.478 e. The van der Waals surface area contributed by atoms with Crippen LogP contribution in [0.25, 0.3) is 11.8 Å². The molecule has 0 atom stereocenters. The number of barbiturate groups is 1. The number of carbonyl (C=O) groups excluding carboxylic acids is 3. The van der Waals surface area contributed by atoms with Crippen molar-refractivity contribution >= 4 is 63.1 Å². The molecule has 3 aromatic rings. The van der Waals surface area contributed by atoms with Gasteiger partial charge >= 0.3 is 12.0 Å². The van der Waals surface area contributed by atoms with Crippen molar-refractivity contribution in [2.24, 2.45) is 0 Å². The highest BCUT2D eigenvalue weighted by atomic mass is 79.9. The first-order chi connectivity index (χ1) is 16.5. The number of aromatic carboxylic acids is 1. The molecule has 1 aliphatic rings. The maximum atomic E-state index is 13.3. The van der Waals surface area contributed by atoms with Crippen molar-refractivity contribution < 1.29 is 24.3 Å². The lowest BCUT2D eigenvalue weighted by Gasteiger charge is -2.27. The van der Waals surface area contributed by atoms with Gasteiger partial charge in [-0.05, 0) is 80.4 Å². The zero-order chi connectivity index (χ0) is 25.6. The van der Waals surface area contributed by atoms with Crippen LogP contribution in [0, 0.1) is 20.8 Å². The zero-order valence-corrected chi connectivity index (χ0v) is 21.2. The van der Waals surface area contributed by atoms with Crippen molar-refractivity contribution in [2.45, 2.75) is 20.8 Å². The highest BCUT2D eigenvalue weighted by Gasteiger charge is 2.37. The number of carboxylic acids is 1. The molecule has 0 unspecified atom stereocenters. The number of amides is 4. The maximum Gasteiger partial charge on any atom is 0.337 e. The van der Waals surface area contributed by atoms with E-state index in [1.807, 2.05) is 6.92 Å². The Morgan fingerprint density at radius 3 is 2.43 bits per heavy atom. The lowest BCUT2D eigenvalue weighted by molar-refractivity contribution is -0.122. The van der Waals surface area contributed by atoms with E-state index < -0.39 is 23.8 Å². The van der Waals surface area contributed by atoms with Gasteiger partial charge in [-0.2, -0.15) is 0 Å². The summed E-state index contributed by atoms with van der Waals surface area (Å²) in [5, 5.41) is 11.8. The molecule has 0 bridgehead atoms. The standard InChI is InChI=1S/C25H19BrClN3O5/c1-12-8-16(26)4-7-21(12)30-23(32)19(22(31)28-25(30)35)10-15-9-13(2)29(14(15)3)17-5-6-20(27)18(11-17)24(33)34/h4-11H,1-3H3,(H,33,34)(H,28,31,35)/b19-10+. The van der Waals surface area contributed by atoms with Crippen LogP contribution in [0.2, 0.25) is 5.02 Å². The topological polar surface area (TPSA) is 109 Å². The number of hydrogen-bond acceptors (Lipinski definition) is 4. The first-order valence-corrected chi connectivity index (χ1v) is 11.6. The summed E-state index contributed by atoms with van der Waals surface area (Å²) < 4.78 is 2.58. The number of rotatable bonds is 4. The van der Waals surface area contributed by atoms with Crippen LogP contribution >= 0.6 is 27.5 Å². The van der Waals surface area contributed by atoms with Crippen LogP contribution in [0.3, 0.4) is 0 Å². The number of benzene rings is 2. The summed E-state index contributed by atoms with van der Waals surface area (Å²) in [6, 6.07) is 10.7. The molecular formula is C25H19BrClN3O5. The van der Waals surface area contributed by atoms with Gasteiger partial charge in [0.25, 0.3) is 11.8 Å². The number of halogens is 2. The fourth-order valence-electron chi connectivity index (χ4n) is 4.05. The molecule has 2 heterocycles. The van der Waals surface area contributed by atoms with Gasteiger partial charge in [-0.25, -0.2) is 14.5 Å². The Hall–Kier alpha value is -3.69. The number of urea groups is 1. The van der Waals surface area contributed by atoms with Gasteiger partial charge in [0.05, 0.1) is 16.3 Å². The molecule has 1 aliphatic heterocycles. The van der Waals surface area contributed by atoms with Gasteiger partial charge in [-0.15, -0.1) is 0 Å². The summed E-state index contributed by atoms with van der Waals surface area (Å²) in [6.07, 6.45) is 1.43. The Kier molecular flexibility index (Phi) is 6.40. The molecule has 0 saturated carbocycles. The number of carbonyl (C=O) groups is 4. The Balaban J connectivity index is 1.79. The van der Waals surface area contributed by atoms with Crippen molar-refractivity contribution in [1.29, 1.82) is 0 Å². The number of aryl methyl sites for hydroxylation is 2. The molecular weight excluding hydrogens is 538 g/mol. The van der Waals surface area contributed by atoms with Gasteiger partial charge in [0.1, 0.15) is 5.57 Å². The van der Waals surface area contributed by atoms with Gasteiger partial charge in [-0.1, -0.05) is 27.5 Å². The summed E-state index contributed by atoms with van der Waals surface area (Å²) in [5.41, 5.74) is 3.33. The van der Waals surface area contributed by atoms with Crippen molar-refractivity contribution in [3.05, 3.63) is 85.6 Å². The smallest absolute Gasteiger partial charge is 0.337 e. The molecule has 0 spiro atoms. The summed E-state index contributed by atoms with van der Waals surface area (Å²) in [6.45, 7) is 5.35. The summed E-state index contributed by atoms with van der Waals surface area (Å²) in [5.74, 6) is -2.69. The quantitative estimate of drug-likeness (QED) is 0.340. The Labute approximate surface area is 213 Å². The minimum atomic E-state index is -1.15. The third kappa shape index (κ3) is 4.40. The zero-order valence-electron chi connectivity index (χ0n) is 18.8. The molecule has 1 aromatic heterocycles. The van der Waals surface area contributed by atoms with Crippen LogP contribution in [-0.4, -0.2) is 33.5 Å². The Morgan fingerprint density at radius 1 is 1.06 bits per heavy atom. The molecule has 2 N–H and O–H groups in total. The van der Waals surface area contributed by atoms with Crippen LogP contribution in [0.1, 0.15) is 32.9 Å². The molecule has 1 saturated heterocycles. The van der Waals surface area contributed by atoms with E-state index in [1.165, 1.54) is 18.2 Å². The van der Waals surface area contributed by atoms with Crippen LogP contribution in [0.4, 0.5) is 10.5 Å². The molecule has 35 heavy (non-hydrogen) atoms. The number of nitrogens with one attached hydrogen (secondary N) is 1. The van der Waals surface area contributed by atoms with Crippen LogP contribution in [-0.2, 0) is 9.59 Å². The van der Waals surface area contributed by atoms with Crippen LogP contribution < -0.4 is 10.2 Å². The molecule has 4 rings (SSSR count). The number of imide groups is 2. The number of hydrogen-bond donors (Lipinski definition) is 2. The first-order valence-electron chi connectivity index (χ1n) is 10.4. The number of aromatic nitrogens is 1. The van der Waals surface area contributed by atoms with E-state index in [0.717, 1.165) is 15.1 Å². The van der Waals surface area contributed by atoms with Crippen molar-refractivity contribution in [3.8, 4) is 5.69 Å². The van der Waals surface area contributed by atoms with E-state index in [1.54, 1.807) is 48.7 Å². The van der Waals surface area contributed by atoms with Gasteiger partial charge in [0.15, 0.2) is 0 Å². The SMILES string of the molecule is Cc1cc(Br)ccc1N1C(=O)NC(=O)/C(=C\c2cc(C)n(-c3ccc(Cl)c(C(=O)O)c3)c2C)C1=O. The number of nitrogens with zero attached hydrogens (tertiary/aromatic N) is 2. The molecule has 0 radical (unpaired) electrons. The molecule has 178 valence electrons. The normalized spacial score (nSPS) is 15.1. The summed E-state index contributed by atoms with van der Waals surface area (Å²) >= 11 is 9.36. The van der Waals surface area contributed by atoms with Gasteiger partial charge in [-0.3, -0.25) is 14.9 Å². The molecule has 0 aliphatic carbocycles. The first kappa shape index (κ1) is 24.4. The van der Waals surface area contributed by atoms with E-state index >= 15 is 0 Å². The predicted molar refractivity (Wildman–Crippen MR) is 135 cm³/mol. The van der Waals surface area contributed by atoms with Gasteiger partial charge in [0, 0.05) is 21.5 Å². The second-order valence-electron chi connectivity index (χ2n) is 8.02.